The van der Waals surface area contributed by atoms with Crippen LogP contribution in [0, 0.1) is 0 Å². The molecule has 1 aliphatic carbocycles. The van der Waals surface area contributed by atoms with Gasteiger partial charge in [0.2, 0.25) is 0 Å². The van der Waals surface area contributed by atoms with Gasteiger partial charge in [0, 0.05) is 23.1 Å². The lowest BCUT2D eigenvalue weighted by Gasteiger charge is -2.22. The van der Waals surface area contributed by atoms with Crippen molar-refractivity contribution in [3.63, 3.8) is 0 Å². The standard InChI is InChI=1S/C13H17BrN2/c14-11-7-5-10(6-8-11)13(9-15)16-12-3-1-2-4-12/h1-2,5-8,12-13,16H,3-4,9,15H2. The van der Waals surface area contributed by atoms with Crippen molar-refractivity contribution in [2.75, 3.05) is 6.54 Å². The first kappa shape index (κ1) is 11.8. The van der Waals surface area contributed by atoms with Gasteiger partial charge in [-0.15, -0.1) is 0 Å². The summed E-state index contributed by atoms with van der Waals surface area (Å²) in [5.74, 6) is 0. The summed E-state index contributed by atoms with van der Waals surface area (Å²) in [6.45, 7) is 0.637. The molecule has 0 fully saturated rings. The van der Waals surface area contributed by atoms with Gasteiger partial charge < -0.3 is 11.1 Å². The van der Waals surface area contributed by atoms with Gasteiger partial charge in [-0.1, -0.05) is 40.2 Å². The molecule has 1 aliphatic rings. The fraction of sp³-hybridized carbons (Fsp3) is 0.385. The summed E-state index contributed by atoms with van der Waals surface area (Å²) in [7, 11) is 0. The van der Waals surface area contributed by atoms with Crippen LogP contribution in [-0.2, 0) is 0 Å². The molecule has 2 rings (SSSR count). The van der Waals surface area contributed by atoms with Crippen LogP contribution in [0.1, 0.15) is 24.4 Å². The lowest BCUT2D eigenvalue weighted by Crippen LogP contribution is -2.35. The van der Waals surface area contributed by atoms with Gasteiger partial charge in [-0.05, 0) is 30.5 Å². The molecule has 0 heterocycles. The third kappa shape index (κ3) is 2.94. The molecule has 1 atom stereocenters. The van der Waals surface area contributed by atoms with E-state index in [9.17, 15) is 0 Å². The third-order valence-electron chi connectivity index (χ3n) is 2.95. The van der Waals surface area contributed by atoms with Gasteiger partial charge in [0.15, 0.2) is 0 Å². The summed E-state index contributed by atoms with van der Waals surface area (Å²) in [5, 5.41) is 3.60. The molecule has 0 aliphatic heterocycles. The monoisotopic (exact) mass is 280 g/mol. The maximum Gasteiger partial charge on any atom is 0.0446 e. The molecule has 0 radical (unpaired) electrons. The second-order valence-electron chi connectivity index (χ2n) is 4.15. The highest BCUT2D eigenvalue weighted by molar-refractivity contribution is 9.10. The van der Waals surface area contributed by atoms with Crippen LogP contribution in [0.2, 0.25) is 0 Å². The molecule has 0 amide bonds. The van der Waals surface area contributed by atoms with E-state index < -0.39 is 0 Å². The Kier molecular flexibility index (Phi) is 4.16. The van der Waals surface area contributed by atoms with Crippen molar-refractivity contribution in [2.45, 2.75) is 24.9 Å². The van der Waals surface area contributed by atoms with E-state index in [-0.39, 0.29) is 6.04 Å². The topological polar surface area (TPSA) is 38.0 Å². The van der Waals surface area contributed by atoms with Crippen LogP contribution in [0.4, 0.5) is 0 Å². The summed E-state index contributed by atoms with van der Waals surface area (Å²) < 4.78 is 1.11. The van der Waals surface area contributed by atoms with Crippen LogP contribution in [0.25, 0.3) is 0 Å². The van der Waals surface area contributed by atoms with Crippen molar-refractivity contribution < 1.29 is 0 Å². The molecule has 1 aromatic carbocycles. The Morgan fingerprint density at radius 3 is 2.44 bits per heavy atom. The predicted octanol–water partition coefficient (Wildman–Crippen LogP) is 2.76. The molecule has 3 heteroatoms. The average molecular weight is 281 g/mol. The minimum Gasteiger partial charge on any atom is -0.329 e. The zero-order chi connectivity index (χ0) is 11.4. The molecule has 0 bridgehead atoms. The van der Waals surface area contributed by atoms with Gasteiger partial charge in [-0.25, -0.2) is 0 Å². The number of nitrogens with two attached hydrogens (primary N) is 1. The van der Waals surface area contributed by atoms with Crippen molar-refractivity contribution in [1.29, 1.82) is 0 Å². The molecule has 0 saturated heterocycles. The summed E-state index contributed by atoms with van der Waals surface area (Å²) in [6.07, 6.45) is 6.69. The smallest absolute Gasteiger partial charge is 0.0446 e. The highest BCUT2D eigenvalue weighted by atomic mass is 79.9. The second kappa shape index (κ2) is 5.62. The van der Waals surface area contributed by atoms with Crippen molar-refractivity contribution in [1.82, 2.24) is 5.32 Å². The van der Waals surface area contributed by atoms with E-state index in [0.29, 0.717) is 12.6 Å². The van der Waals surface area contributed by atoms with Gasteiger partial charge >= 0.3 is 0 Å². The Morgan fingerprint density at radius 1 is 1.25 bits per heavy atom. The van der Waals surface area contributed by atoms with Gasteiger partial charge in [0.05, 0.1) is 0 Å². The Hall–Kier alpha value is -0.640. The number of rotatable bonds is 4. The lowest BCUT2D eigenvalue weighted by molar-refractivity contribution is 0.453. The maximum absolute atomic E-state index is 5.83. The first-order valence-electron chi connectivity index (χ1n) is 5.66. The first-order chi connectivity index (χ1) is 7.79. The number of hydrogen-bond donors (Lipinski definition) is 2. The van der Waals surface area contributed by atoms with Crippen LogP contribution in [0.3, 0.4) is 0 Å². The van der Waals surface area contributed by atoms with Crippen LogP contribution < -0.4 is 11.1 Å². The summed E-state index contributed by atoms with van der Waals surface area (Å²) in [6, 6.07) is 9.18. The van der Waals surface area contributed by atoms with Gasteiger partial charge in [-0.3, -0.25) is 0 Å². The lowest BCUT2D eigenvalue weighted by atomic mass is 10.1. The SMILES string of the molecule is NCC(NC1CC=CC1)c1ccc(Br)cc1. The van der Waals surface area contributed by atoms with E-state index in [1.165, 1.54) is 5.56 Å². The molecular weight excluding hydrogens is 264 g/mol. The quantitative estimate of drug-likeness (QED) is 0.833. The summed E-state index contributed by atoms with van der Waals surface area (Å²) in [5.41, 5.74) is 7.09. The average Bonchev–Trinajstić information content (AvgIpc) is 2.80. The Morgan fingerprint density at radius 2 is 1.88 bits per heavy atom. The summed E-state index contributed by atoms with van der Waals surface area (Å²) >= 11 is 3.44. The van der Waals surface area contributed by atoms with Crippen molar-refractivity contribution in [3.05, 3.63) is 46.5 Å². The fourth-order valence-electron chi connectivity index (χ4n) is 2.03. The van der Waals surface area contributed by atoms with Crippen molar-refractivity contribution in [3.8, 4) is 0 Å². The number of halogens is 1. The molecule has 86 valence electrons. The molecular formula is C13H17BrN2. The number of hydrogen-bond acceptors (Lipinski definition) is 2. The Balaban J connectivity index is 2.01. The first-order valence-corrected chi connectivity index (χ1v) is 6.45. The molecule has 0 aromatic heterocycles. The highest BCUT2D eigenvalue weighted by Gasteiger charge is 2.16. The Bertz CT molecular complexity index is 351. The van der Waals surface area contributed by atoms with Crippen LogP contribution in [-0.4, -0.2) is 12.6 Å². The number of benzene rings is 1. The van der Waals surface area contributed by atoms with E-state index in [2.05, 4.69) is 57.7 Å². The van der Waals surface area contributed by atoms with Crippen LogP contribution in [0.15, 0.2) is 40.9 Å². The molecule has 0 spiro atoms. The van der Waals surface area contributed by atoms with Gasteiger partial charge in [0.25, 0.3) is 0 Å². The largest absolute Gasteiger partial charge is 0.329 e. The zero-order valence-corrected chi connectivity index (χ0v) is 10.8. The molecule has 1 unspecified atom stereocenters. The molecule has 16 heavy (non-hydrogen) atoms. The van der Waals surface area contributed by atoms with Crippen LogP contribution in [0.5, 0.6) is 0 Å². The van der Waals surface area contributed by atoms with E-state index in [0.717, 1.165) is 17.3 Å². The van der Waals surface area contributed by atoms with Crippen LogP contribution >= 0.6 is 15.9 Å². The molecule has 2 nitrogen and oxygen atoms in total. The van der Waals surface area contributed by atoms with Crippen molar-refractivity contribution in [2.24, 2.45) is 5.73 Å². The predicted molar refractivity (Wildman–Crippen MR) is 71.2 cm³/mol. The minimum absolute atomic E-state index is 0.262. The fourth-order valence-corrected chi connectivity index (χ4v) is 2.30. The van der Waals surface area contributed by atoms with Gasteiger partial charge in [-0.2, -0.15) is 0 Å². The summed E-state index contributed by atoms with van der Waals surface area (Å²) in [4.78, 5) is 0. The normalized spacial score (nSPS) is 17.9. The zero-order valence-electron chi connectivity index (χ0n) is 9.20. The highest BCUT2D eigenvalue weighted by Crippen LogP contribution is 2.19. The van der Waals surface area contributed by atoms with E-state index in [4.69, 9.17) is 5.73 Å². The molecule has 3 N–H and O–H groups in total. The third-order valence-corrected chi connectivity index (χ3v) is 3.48. The number of nitrogens with one attached hydrogen (secondary N) is 1. The minimum atomic E-state index is 0.262. The second-order valence-corrected chi connectivity index (χ2v) is 5.06. The van der Waals surface area contributed by atoms with E-state index >= 15 is 0 Å². The van der Waals surface area contributed by atoms with E-state index in [1.54, 1.807) is 0 Å². The van der Waals surface area contributed by atoms with Crippen molar-refractivity contribution >= 4 is 15.9 Å². The Labute approximate surface area is 105 Å². The molecule has 0 saturated carbocycles. The van der Waals surface area contributed by atoms with Gasteiger partial charge in [0.1, 0.15) is 0 Å². The molecule has 1 aromatic rings. The van der Waals surface area contributed by atoms with E-state index in [1.807, 2.05) is 0 Å². The maximum atomic E-state index is 5.83.